The van der Waals surface area contributed by atoms with Gasteiger partial charge in [-0.05, 0) is 25.7 Å². The Kier molecular flexibility index (Phi) is 5.91. The predicted molar refractivity (Wildman–Crippen MR) is 78.5 cm³/mol. The Morgan fingerprint density at radius 3 is 2.57 bits per heavy atom. The van der Waals surface area contributed by atoms with Gasteiger partial charge in [0, 0.05) is 12.7 Å². The zero-order chi connectivity index (χ0) is 16.2. The van der Waals surface area contributed by atoms with Crippen LogP contribution in [-0.2, 0) is 21.4 Å². The van der Waals surface area contributed by atoms with Crippen LogP contribution in [0.2, 0.25) is 0 Å². The Bertz CT molecular complexity index is 593. The molecule has 1 heterocycles. The summed E-state index contributed by atoms with van der Waals surface area (Å²) in [6.07, 6.45) is 2.52. The van der Waals surface area contributed by atoms with Gasteiger partial charge < -0.3 is 9.67 Å². The van der Waals surface area contributed by atoms with E-state index in [2.05, 4.69) is 9.71 Å². The van der Waals surface area contributed by atoms with E-state index in [-0.39, 0.29) is 17.4 Å². The molecule has 21 heavy (non-hydrogen) atoms. The lowest BCUT2D eigenvalue weighted by molar-refractivity contribution is -0.139. The van der Waals surface area contributed by atoms with E-state index in [0.29, 0.717) is 12.4 Å². The van der Waals surface area contributed by atoms with E-state index in [1.54, 1.807) is 11.5 Å². The molecule has 2 N–H and O–H groups in total. The SMILES string of the molecule is CCCn1cc(S(=O)(=O)NC(CC(C)C)C(=O)O)nc1C. The monoisotopic (exact) mass is 317 g/mol. The van der Waals surface area contributed by atoms with Gasteiger partial charge in [-0.1, -0.05) is 20.8 Å². The molecule has 0 fully saturated rings. The first-order chi connectivity index (χ1) is 9.67. The van der Waals surface area contributed by atoms with Crippen molar-refractivity contribution >= 4 is 16.0 Å². The third-order valence-corrected chi connectivity index (χ3v) is 4.34. The van der Waals surface area contributed by atoms with Gasteiger partial charge in [0.1, 0.15) is 11.9 Å². The molecule has 1 unspecified atom stereocenters. The highest BCUT2D eigenvalue weighted by molar-refractivity contribution is 7.89. The van der Waals surface area contributed by atoms with E-state index < -0.39 is 22.0 Å². The van der Waals surface area contributed by atoms with Gasteiger partial charge in [0.05, 0.1) is 0 Å². The molecule has 0 aliphatic rings. The average molecular weight is 317 g/mol. The van der Waals surface area contributed by atoms with Crippen LogP contribution in [0.1, 0.15) is 39.4 Å². The minimum absolute atomic E-state index is 0.0631. The Morgan fingerprint density at radius 2 is 2.10 bits per heavy atom. The van der Waals surface area contributed by atoms with Crippen molar-refractivity contribution in [3.8, 4) is 0 Å². The number of carboxylic acids is 1. The van der Waals surface area contributed by atoms with Gasteiger partial charge in [-0.25, -0.2) is 13.4 Å². The molecular weight excluding hydrogens is 294 g/mol. The third kappa shape index (κ3) is 4.82. The van der Waals surface area contributed by atoms with Crippen molar-refractivity contribution in [2.45, 2.75) is 58.1 Å². The van der Waals surface area contributed by atoms with Crippen molar-refractivity contribution in [3.05, 3.63) is 12.0 Å². The summed E-state index contributed by atoms with van der Waals surface area (Å²) in [5.41, 5.74) is 0. The number of hydrogen-bond acceptors (Lipinski definition) is 4. The second-order valence-corrected chi connectivity index (χ2v) is 7.12. The maximum absolute atomic E-state index is 12.2. The van der Waals surface area contributed by atoms with Gasteiger partial charge in [-0.2, -0.15) is 4.72 Å². The summed E-state index contributed by atoms with van der Waals surface area (Å²) in [5.74, 6) is -0.530. The van der Waals surface area contributed by atoms with Gasteiger partial charge >= 0.3 is 5.97 Å². The number of aliphatic carboxylic acids is 1. The first-order valence-electron chi connectivity index (χ1n) is 6.96. The largest absolute Gasteiger partial charge is 0.480 e. The third-order valence-electron chi connectivity index (χ3n) is 3.00. The summed E-state index contributed by atoms with van der Waals surface area (Å²) < 4.78 is 28.5. The normalized spacial score (nSPS) is 13.6. The first kappa shape index (κ1) is 17.6. The lowest BCUT2D eigenvalue weighted by atomic mass is 10.1. The summed E-state index contributed by atoms with van der Waals surface area (Å²) in [6, 6.07) is -1.15. The van der Waals surface area contributed by atoms with E-state index in [0.717, 1.165) is 6.42 Å². The fourth-order valence-electron chi connectivity index (χ4n) is 1.99. The van der Waals surface area contributed by atoms with E-state index in [1.807, 2.05) is 20.8 Å². The Morgan fingerprint density at radius 1 is 1.48 bits per heavy atom. The lowest BCUT2D eigenvalue weighted by Gasteiger charge is -2.15. The molecule has 8 heteroatoms. The van der Waals surface area contributed by atoms with Crippen LogP contribution < -0.4 is 4.72 Å². The zero-order valence-corrected chi connectivity index (χ0v) is 13.6. The van der Waals surface area contributed by atoms with Crippen LogP contribution in [0, 0.1) is 12.8 Å². The summed E-state index contributed by atoms with van der Waals surface area (Å²) in [6.45, 7) is 8.05. The van der Waals surface area contributed by atoms with Crippen molar-refractivity contribution in [1.29, 1.82) is 0 Å². The minimum Gasteiger partial charge on any atom is -0.480 e. The smallest absolute Gasteiger partial charge is 0.321 e. The highest BCUT2D eigenvalue weighted by Gasteiger charge is 2.28. The van der Waals surface area contributed by atoms with Crippen molar-refractivity contribution < 1.29 is 18.3 Å². The highest BCUT2D eigenvalue weighted by atomic mass is 32.2. The molecule has 0 radical (unpaired) electrons. The molecule has 0 aliphatic carbocycles. The van der Waals surface area contributed by atoms with Gasteiger partial charge in [0.25, 0.3) is 10.0 Å². The topological polar surface area (TPSA) is 101 Å². The molecule has 120 valence electrons. The van der Waals surface area contributed by atoms with Crippen LogP contribution >= 0.6 is 0 Å². The number of carboxylic acid groups (broad SMARTS) is 1. The van der Waals surface area contributed by atoms with Crippen molar-refractivity contribution in [2.24, 2.45) is 5.92 Å². The number of rotatable bonds is 8. The number of carbonyl (C=O) groups is 1. The van der Waals surface area contributed by atoms with E-state index in [9.17, 15) is 13.2 Å². The van der Waals surface area contributed by atoms with Gasteiger partial charge in [0.2, 0.25) is 0 Å². The van der Waals surface area contributed by atoms with E-state index in [4.69, 9.17) is 5.11 Å². The van der Waals surface area contributed by atoms with Crippen LogP contribution in [-0.4, -0.2) is 35.1 Å². The number of aromatic nitrogens is 2. The number of hydrogen-bond donors (Lipinski definition) is 2. The predicted octanol–water partition coefficient (Wildman–Crippen LogP) is 1.38. The van der Waals surface area contributed by atoms with Crippen molar-refractivity contribution in [2.75, 3.05) is 0 Å². The molecular formula is C13H23N3O4S. The maximum atomic E-state index is 12.2. The van der Waals surface area contributed by atoms with Crippen molar-refractivity contribution in [3.63, 3.8) is 0 Å². The summed E-state index contributed by atoms with van der Waals surface area (Å²) >= 11 is 0. The van der Waals surface area contributed by atoms with Crippen molar-refractivity contribution in [1.82, 2.24) is 14.3 Å². The van der Waals surface area contributed by atoms with Crippen LogP contribution in [0.3, 0.4) is 0 Å². The number of imidazole rings is 1. The second-order valence-electron chi connectivity index (χ2n) is 5.46. The van der Waals surface area contributed by atoms with E-state index >= 15 is 0 Å². The lowest BCUT2D eigenvalue weighted by Crippen LogP contribution is -2.41. The molecule has 1 aromatic heterocycles. The standard InChI is InChI=1S/C13H23N3O4S/c1-5-6-16-8-12(14-10(16)4)21(19,20)15-11(13(17)18)7-9(2)3/h8-9,11,15H,5-7H2,1-4H3,(H,17,18). The summed E-state index contributed by atoms with van der Waals surface area (Å²) in [7, 11) is -3.93. The van der Waals surface area contributed by atoms with Gasteiger partial charge in [-0.15, -0.1) is 0 Å². The van der Waals surface area contributed by atoms with Gasteiger partial charge in [-0.3, -0.25) is 4.79 Å². The molecule has 0 aromatic carbocycles. The fraction of sp³-hybridized carbons (Fsp3) is 0.692. The van der Waals surface area contributed by atoms with Crippen LogP contribution in [0.5, 0.6) is 0 Å². The Balaban J connectivity index is 2.99. The molecule has 0 spiro atoms. The zero-order valence-electron chi connectivity index (χ0n) is 12.8. The molecule has 0 aliphatic heterocycles. The second kappa shape index (κ2) is 7.04. The summed E-state index contributed by atoms with van der Waals surface area (Å²) in [5, 5.41) is 8.99. The fourth-order valence-corrected chi connectivity index (χ4v) is 3.21. The highest BCUT2D eigenvalue weighted by Crippen LogP contribution is 2.13. The Hall–Kier alpha value is -1.41. The number of nitrogens with zero attached hydrogens (tertiary/aromatic N) is 2. The molecule has 0 amide bonds. The molecule has 0 bridgehead atoms. The molecule has 0 saturated heterocycles. The van der Waals surface area contributed by atoms with Crippen LogP contribution in [0.4, 0.5) is 0 Å². The van der Waals surface area contributed by atoms with Crippen LogP contribution in [0.15, 0.2) is 11.2 Å². The number of nitrogens with one attached hydrogen (secondary N) is 1. The average Bonchev–Trinajstić information content (AvgIpc) is 2.70. The molecule has 1 atom stereocenters. The summed E-state index contributed by atoms with van der Waals surface area (Å²) in [4.78, 5) is 15.2. The maximum Gasteiger partial charge on any atom is 0.321 e. The molecule has 1 aromatic rings. The molecule has 1 rings (SSSR count). The first-order valence-corrected chi connectivity index (χ1v) is 8.44. The van der Waals surface area contributed by atoms with Crippen LogP contribution in [0.25, 0.3) is 0 Å². The Labute approximate surface area is 125 Å². The quantitative estimate of drug-likeness (QED) is 0.754. The van der Waals surface area contributed by atoms with E-state index in [1.165, 1.54) is 6.20 Å². The van der Waals surface area contributed by atoms with Gasteiger partial charge in [0.15, 0.2) is 5.03 Å². The molecule has 7 nitrogen and oxygen atoms in total. The minimum atomic E-state index is -3.93. The number of aryl methyl sites for hydroxylation is 2. The molecule has 0 saturated carbocycles. The number of sulfonamides is 1.